The minimum atomic E-state index is -0.959. The molecule has 5 nitrogen and oxygen atoms in total. The molecule has 1 aromatic rings. The fraction of sp³-hybridized carbons (Fsp3) is 0.600. The molecule has 1 aromatic heterocycles. The smallest absolute Gasteiger partial charge is 0.356 e. The lowest BCUT2D eigenvalue weighted by Gasteiger charge is -2.20. The largest absolute Gasteiger partial charge is 0.476 e. The first-order chi connectivity index (χ1) is 7.18. The van der Waals surface area contributed by atoms with Gasteiger partial charge >= 0.3 is 5.97 Å². The Bertz CT molecular complexity index is 376. The van der Waals surface area contributed by atoms with E-state index in [2.05, 4.69) is 15.3 Å². The van der Waals surface area contributed by atoms with Crippen LogP contribution in [0, 0.1) is 6.92 Å². The molecule has 1 aliphatic rings. The van der Waals surface area contributed by atoms with E-state index in [1.807, 2.05) is 0 Å². The first-order valence-corrected chi connectivity index (χ1v) is 5.19. The molecule has 1 aliphatic heterocycles. The maximum Gasteiger partial charge on any atom is 0.356 e. The molecule has 0 saturated carbocycles. The number of nitrogens with one attached hydrogen (secondary N) is 2. The van der Waals surface area contributed by atoms with Gasteiger partial charge in [-0.3, -0.25) is 0 Å². The Morgan fingerprint density at radius 2 is 2.18 bits per heavy atom. The Morgan fingerprint density at radius 1 is 1.47 bits per heavy atom. The monoisotopic (exact) mass is 281 g/mol. The van der Waals surface area contributed by atoms with Gasteiger partial charge in [-0.2, -0.15) is 0 Å². The van der Waals surface area contributed by atoms with Crippen molar-refractivity contribution in [3.8, 4) is 0 Å². The molecule has 2 rings (SSSR count). The summed E-state index contributed by atoms with van der Waals surface area (Å²) in [4.78, 5) is 18.0. The molecule has 98 valence electrons. The predicted molar refractivity (Wildman–Crippen MR) is 69.6 cm³/mol. The van der Waals surface area contributed by atoms with Gasteiger partial charge in [-0.05, 0) is 26.3 Å². The Kier molecular flexibility index (Phi) is 6.52. The number of carboxylic acids is 1. The molecule has 2 heterocycles. The summed E-state index contributed by atoms with van der Waals surface area (Å²) in [7, 11) is 0. The molecule has 7 heteroatoms. The zero-order chi connectivity index (χ0) is 10.8. The quantitative estimate of drug-likeness (QED) is 0.772. The Hall–Kier alpha value is -0.780. The van der Waals surface area contributed by atoms with Crippen molar-refractivity contribution in [3.05, 3.63) is 17.2 Å². The van der Waals surface area contributed by atoms with Gasteiger partial charge in [-0.1, -0.05) is 0 Å². The van der Waals surface area contributed by atoms with Crippen LogP contribution in [-0.4, -0.2) is 34.1 Å². The van der Waals surface area contributed by atoms with Crippen LogP contribution in [0.1, 0.15) is 40.8 Å². The van der Waals surface area contributed by atoms with Crippen LogP contribution in [0.5, 0.6) is 0 Å². The van der Waals surface area contributed by atoms with Gasteiger partial charge in [0.15, 0.2) is 5.69 Å². The lowest BCUT2D eigenvalue weighted by atomic mass is 9.99. The van der Waals surface area contributed by atoms with E-state index in [-0.39, 0.29) is 30.5 Å². The number of aromatic amines is 1. The van der Waals surface area contributed by atoms with Gasteiger partial charge < -0.3 is 15.4 Å². The van der Waals surface area contributed by atoms with Crippen molar-refractivity contribution >= 4 is 30.8 Å². The van der Waals surface area contributed by atoms with Gasteiger partial charge in [0.2, 0.25) is 0 Å². The minimum Gasteiger partial charge on any atom is -0.476 e. The highest BCUT2D eigenvalue weighted by Gasteiger charge is 2.21. The second-order valence-electron chi connectivity index (χ2n) is 3.94. The molecule has 0 spiro atoms. The maximum atomic E-state index is 10.8. The Labute approximate surface area is 112 Å². The fourth-order valence-electron chi connectivity index (χ4n) is 1.97. The molecule has 1 atom stereocenters. The molecule has 1 saturated heterocycles. The van der Waals surface area contributed by atoms with Crippen LogP contribution < -0.4 is 5.32 Å². The van der Waals surface area contributed by atoms with Crippen LogP contribution in [0.4, 0.5) is 0 Å². The summed E-state index contributed by atoms with van der Waals surface area (Å²) in [6, 6.07) is 0. The third-order valence-corrected chi connectivity index (χ3v) is 2.79. The van der Waals surface area contributed by atoms with Gasteiger partial charge in [0.1, 0.15) is 5.82 Å². The number of piperidine rings is 1. The summed E-state index contributed by atoms with van der Waals surface area (Å²) in [5, 5.41) is 12.2. The third kappa shape index (κ3) is 3.59. The number of hydrogen-bond acceptors (Lipinski definition) is 3. The second-order valence-corrected chi connectivity index (χ2v) is 3.94. The summed E-state index contributed by atoms with van der Waals surface area (Å²) in [6.07, 6.45) is 2.19. The van der Waals surface area contributed by atoms with Crippen LogP contribution in [0.15, 0.2) is 0 Å². The van der Waals surface area contributed by atoms with Crippen LogP contribution >= 0.6 is 24.8 Å². The number of carboxylic acid groups (broad SMARTS) is 1. The van der Waals surface area contributed by atoms with Crippen molar-refractivity contribution in [2.45, 2.75) is 25.7 Å². The summed E-state index contributed by atoms with van der Waals surface area (Å²) >= 11 is 0. The number of aromatic nitrogens is 2. The van der Waals surface area contributed by atoms with E-state index in [0.717, 1.165) is 31.8 Å². The highest BCUT2D eigenvalue weighted by molar-refractivity contribution is 5.86. The van der Waals surface area contributed by atoms with Gasteiger partial charge in [-0.15, -0.1) is 24.8 Å². The van der Waals surface area contributed by atoms with E-state index in [9.17, 15) is 4.79 Å². The fourth-order valence-corrected chi connectivity index (χ4v) is 1.97. The lowest BCUT2D eigenvalue weighted by Crippen LogP contribution is -2.29. The molecule has 0 bridgehead atoms. The van der Waals surface area contributed by atoms with E-state index in [1.165, 1.54) is 0 Å². The molecule has 3 N–H and O–H groups in total. The zero-order valence-electron chi connectivity index (χ0n) is 9.52. The number of hydrogen-bond donors (Lipinski definition) is 3. The van der Waals surface area contributed by atoms with E-state index in [0.29, 0.717) is 11.6 Å². The summed E-state index contributed by atoms with van der Waals surface area (Å²) in [5.41, 5.74) is 0.790. The van der Waals surface area contributed by atoms with E-state index in [1.54, 1.807) is 6.92 Å². The first kappa shape index (κ1) is 16.2. The van der Waals surface area contributed by atoms with E-state index in [4.69, 9.17) is 5.11 Å². The van der Waals surface area contributed by atoms with Crippen LogP contribution in [0.25, 0.3) is 0 Å². The number of carbonyl (C=O) groups is 1. The van der Waals surface area contributed by atoms with Crippen molar-refractivity contribution in [2.24, 2.45) is 0 Å². The second kappa shape index (κ2) is 6.83. The van der Waals surface area contributed by atoms with Crippen LogP contribution in [0.3, 0.4) is 0 Å². The normalized spacial score (nSPS) is 19.0. The van der Waals surface area contributed by atoms with Crippen molar-refractivity contribution in [3.63, 3.8) is 0 Å². The summed E-state index contributed by atoms with van der Waals surface area (Å²) < 4.78 is 0. The average molecular weight is 282 g/mol. The van der Waals surface area contributed by atoms with Gasteiger partial charge in [0.05, 0.1) is 0 Å². The van der Waals surface area contributed by atoms with Gasteiger partial charge in [-0.25, -0.2) is 9.78 Å². The average Bonchev–Trinajstić information content (AvgIpc) is 2.62. The van der Waals surface area contributed by atoms with Crippen LogP contribution in [0.2, 0.25) is 0 Å². The van der Waals surface area contributed by atoms with E-state index < -0.39 is 5.97 Å². The molecule has 17 heavy (non-hydrogen) atoms. The number of halogens is 2. The number of H-pyrrole nitrogens is 1. The van der Waals surface area contributed by atoms with E-state index >= 15 is 0 Å². The van der Waals surface area contributed by atoms with Crippen LogP contribution in [-0.2, 0) is 0 Å². The number of aromatic carboxylic acids is 1. The number of aryl methyl sites for hydroxylation is 1. The summed E-state index contributed by atoms with van der Waals surface area (Å²) in [5.74, 6) is 0.168. The molecule has 0 amide bonds. The van der Waals surface area contributed by atoms with Gasteiger partial charge in [0, 0.05) is 18.2 Å². The number of nitrogens with zero attached hydrogens (tertiary/aromatic N) is 1. The zero-order valence-corrected chi connectivity index (χ0v) is 11.2. The molecular weight excluding hydrogens is 265 g/mol. The lowest BCUT2D eigenvalue weighted by molar-refractivity contribution is 0.0690. The topological polar surface area (TPSA) is 78.0 Å². The first-order valence-electron chi connectivity index (χ1n) is 5.19. The standard InChI is InChI=1S/C10H15N3O2.2ClH/c1-6-8(10(14)15)13-9(12-6)7-3-2-4-11-5-7;;/h7,11H,2-5H2,1H3,(H,12,13)(H,14,15);2*1H. The minimum absolute atomic E-state index is 0. The molecule has 1 fully saturated rings. The molecule has 0 radical (unpaired) electrons. The third-order valence-electron chi connectivity index (χ3n) is 2.79. The summed E-state index contributed by atoms with van der Waals surface area (Å²) in [6.45, 7) is 3.67. The number of imidazole rings is 1. The Morgan fingerprint density at radius 3 is 2.65 bits per heavy atom. The molecular formula is C10H17Cl2N3O2. The van der Waals surface area contributed by atoms with Crippen molar-refractivity contribution in [1.29, 1.82) is 0 Å². The molecule has 0 aliphatic carbocycles. The maximum absolute atomic E-state index is 10.8. The highest BCUT2D eigenvalue weighted by atomic mass is 35.5. The van der Waals surface area contributed by atoms with Crippen molar-refractivity contribution in [1.82, 2.24) is 15.3 Å². The Balaban J connectivity index is 0.00000128. The predicted octanol–water partition coefficient (Wildman–Crippen LogP) is 1.73. The molecule has 1 unspecified atom stereocenters. The number of rotatable bonds is 2. The van der Waals surface area contributed by atoms with Crippen molar-refractivity contribution in [2.75, 3.05) is 13.1 Å². The SMILES string of the molecule is Cc1[nH]c(C2CCCNC2)nc1C(=O)O.Cl.Cl. The van der Waals surface area contributed by atoms with Crippen molar-refractivity contribution < 1.29 is 9.90 Å². The van der Waals surface area contributed by atoms with Gasteiger partial charge in [0.25, 0.3) is 0 Å². The highest BCUT2D eigenvalue weighted by Crippen LogP contribution is 2.21. The molecule has 0 aromatic carbocycles.